The van der Waals surface area contributed by atoms with Crippen molar-refractivity contribution in [2.75, 3.05) is 0 Å². The number of benzene rings is 3. The number of rotatable bonds is 1. The highest BCUT2D eigenvalue weighted by Crippen LogP contribution is 2.30. The molecule has 1 heteroatoms. The average molecular weight is 269 g/mol. The van der Waals surface area contributed by atoms with Crippen LogP contribution in [0.25, 0.3) is 32.9 Å². The maximum atomic E-state index is 4.86. The van der Waals surface area contributed by atoms with Crippen molar-refractivity contribution in [2.24, 2.45) is 0 Å². The molecular formula is C20H15N. The van der Waals surface area contributed by atoms with Crippen molar-refractivity contribution in [3.05, 3.63) is 78.4 Å². The summed E-state index contributed by atoms with van der Waals surface area (Å²) in [6, 6.07) is 25.3. The molecule has 0 bridgehead atoms. The lowest BCUT2D eigenvalue weighted by atomic mass is 9.99. The number of aromatic nitrogens is 1. The SMILES string of the molecule is Cc1cc(-c2ccccc2)nc2ccc3ccccc3c12. The van der Waals surface area contributed by atoms with Crippen LogP contribution in [0.3, 0.4) is 0 Å². The number of hydrogen-bond acceptors (Lipinski definition) is 1. The van der Waals surface area contributed by atoms with Crippen molar-refractivity contribution in [1.82, 2.24) is 4.98 Å². The summed E-state index contributed by atoms with van der Waals surface area (Å²) in [5.41, 5.74) is 4.54. The zero-order valence-corrected chi connectivity index (χ0v) is 11.9. The Labute approximate surface area is 123 Å². The van der Waals surface area contributed by atoms with Crippen LogP contribution in [-0.2, 0) is 0 Å². The Morgan fingerprint density at radius 1 is 0.762 bits per heavy atom. The number of aryl methyl sites for hydroxylation is 1. The fourth-order valence-corrected chi connectivity index (χ4v) is 2.96. The van der Waals surface area contributed by atoms with Gasteiger partial charge in [0.05, 0.1) is 11.2 Å². The molecule has 1 heterocycles. The second-order valence-corrected chi connectivity index (χ2v) is 5.37. The van der Waals surface area contributed by atoms with Gasteiger partial charge in [0.2, 0.25) is 0 Å². The van der Waals surface area contributed by atoms with Gasteiger partial charge in [-0.2, -0.15) is 0 Å². The third-order valence-electron chi connectivity index (χ3n) is 3.97. The molecule has 1 nitrogen and oxygen atoms in total. The van der Waals surface area contributed by atoms with Crippen LogP contribution < -0.4 is 0 Å². The van der Waals surface area contributed by atoms with Gasteiger partial charge in [-0.3, -0.25) is 0 Å². The van der Waals surface area contributed by atoms with E-state index in [1.165, 1.54) is 21.7 Å². The second kappa shape index (κ2) is 4.71. The van der Waals surface area contributed by atoms with Crippen LogP contribution in [0.2, 0.25) is 0 Å². The van der Waals surface area contributed by atoms with E-state index in [1.54, 1.807) is 0 Å². The van der Waals surface area contributed by atoms with Crippen LogP contribution in [0.15, 0.2) is 72.8 Å². The molecule has 3 aromatic carbocycles. The smallest absolute Gasteiger partial charge is 0.0718 e. The van der Waals surface area contributed by atoms with Gasteiger partial charge in [-0.15, -0.1) is 0 Å². The molecule has 0 N–H and O–H groups in total. The van der Waals surface area contributed by atoms with Gasteiger partial charge in [0.1, 0.15) is 0 Å². The Morgan fingerprint density at radius 3 is 2.38 bits per heavy atom. The first-order valence-electron chi connectivity index (χ1n) is 7.17. The first kappa shape index (κ1) is 12.1. The van der Waals surface area contributed by atoms with Gasteiger partial charge >= 0.3 is 0 Å². The molecule has 21 heavy (non-hydrogen) atoms. The van der Waals surface area contributed by atoms with Gasteiger partial charge in [-0.05, 0) is 35.4 Å². The molecule has 0 amide bonds. The summed E-state index contributed by atoms with van der Waals surface area (Å²) in [5, 5.41) is 3.80. The zero-order valence-electron chi connectivity index (χ0n) is 11.9. The van der Waals surface area contributed by atoms with Crippen molar-refractivity contribution < 1.29 is 0 Å². The van der Waals surface area contributed by atoms with Gasteiger partial charge in [0.15, 0.2) is 0 Å². The molecule has 0 unspecified atom stereocenters. The van der Waals surface area contributed by atoms with E-state index in [2.05, 4.69) is 73.7 Å². The van der Waals surface area contributed by atoms with E-state index >= 15 is 0 Å². The Kier molecular flexibility index (Phi) is 2.71. The van der Waals surface area contributed by atoms with Crippen molar-refractivity contribution in [1.29, 1.82) is 0 Å². The maximum absolute atomic E-state index is 4.86. The number of hydrogen-bond donors (Lipinski definition) is 0. The van der Waals surface area contributed by atoms with Crippen LogP contribution in [0, 0.1) is 6.92 Å². The van der Waals surface area contributed by atoms with Crippen LogP contribution in [0.5, 0.6) is 0 Å². The highest BCUT2D eigenvalue weighted by atomic mass is 14.7. The summed E-state index contributed by atoms with van der Waals surface area (Å²) >= 11 is 0. The van der Waals surface area contributed by atoms with E-state index in [0.29, 0.717) is 0 Å². The molecule has 100 valence electrons. The highest BCUT2D eigenvalue weighted by molar-refractivity contribution is 6.08. The summed E-state index contributed by atoms with van der Waals surface area (Å²) in [6.07, 6.45) is 0. The minimum Gasteiger partial charge on any atom is -0.248 e. The van der Waals surface area contributed by atoms with Crippen molar-refractivity contribution in [3.63, 3.8) is 0 Å². The molecular weight excluding hydrogens is 254 g/mol. The maximum Gasteiger partial charge on any atom is 0.0718 e. The van der Waals surface area contributed by atoms with Gasteiger partial charge < -0.3 is 0 Å². The predicted octanol–water partition coefficient (Wildman–Crippen LogP) is 5.36. The summed E-state index contributed by atoms with van der Waals surface area (Å²) in [6.45, 7) is 2.17. The molecule has 1 aromatic heterocycles. The van der Waals surface area contributed by atoms with Gasteiger partial charge in [0, 0.05) is 10.9 Å². The number of fused-ring (bicyclic) bond motifs is 3. The quantitative estimate of drug-likeness (QED) is 0.424. The predicted molar refractivity (Wildman–Crippen MR) is 89.4 cm³/mol. The molecule has 0 aliphatic rings. The van der Waals surface area contributed by atoms with Gasteiger partial charge in [-0.25, -0.2) is 4.98 Å². The van der Waals surface area contributed by atoms with E-state index in [4.69, 9.17) is 4.98 Å². The molecule has 0 fully saturated rings. The van der Waals surface area contributed by atoms with E-state index in [1.807, 2.05) is 6.07 Å². The monoisotopic (exact) mass is 269 g/mol. The van der Waals surface area contributed by atoms with Crippen LogP contribution >= 0.6 is 0 Å². The van der Waals surface area contributed by atoms with E-state index < -0.39 is 0 Å². The topological polar surface area (TPSA) is 12.9 Å². The Balaban J connectivity index is 2.06. The molecule has 0 spiro atoms. The van der Waals surface area contributed by atoms with E-state index in [9.17, 15) is 0 Å². The second-order valence-electron chi connectivity index (χ2n) is 5.37. The van der Waals surface area contributed by atoms with Crippen molar-refractivity contribution in [2.45, 2.75) is 6.92 Å². The Morgan fingerprint density at radius 2 is 1.52 bits per heavy atom. The summed E-state index contributed by atoms with van der Waals surface area (Å²) < 4.78 is 0. The normalized spacial score (nSPS) is 11.1. The first-order chi connectivity index (χ1) is 10.3. The Hall–Kier alpha value is -2.67. The third kappa shape index (κ3) is 1.98. The molecule has 0 aliphatic carbocycles. The van der Waals surface area contributed by atoms with Crippen LogP contribution in [0.4, 0.5) is 0 Å². The van der Waals surface area contributed by atoms with Crippen molar-refractivity contribution >= 4 is 21.7 Å². The Bertz CT molecular complexity index is 940. The van der Waals surface area contributed by atoms with Crippen LogP contribution in [-0.4, -0.2) is 4.98 Å². The standard InChI is InChI=1S/C20H15N/c1-14-13-19(16-8-3-2-4-9-16)21-18-12-11-15-7-5-6-10-17(15)20(14)18/h2-13H,1H3. The van der Waals surface area contributed by atoms with E-state index in [-0.39, 0.29) is 0 Å². The summed E-state index contributed by atoms with van der Waals surface area (Å²) in [7, 11) is 0. The first-order valence-corrected chi connectivity index (χ1v) is 7.17. The lowest BCUT2D eigenvalue weighted by Crippen LogP contribution is -1.89. The molecule has 0 saturated carbocycles. The fraction of sp³-hybridized carbons (Fsp3) is 0.0500. The molecule has 0 saturated heterocycles. The largest absolute Gasteiger partial charge is 0.248 e. The fourth-order valence-electron chi connectivity index (χ4n) is 2.96. The van der Waals surface area contributed by atoms with Crippen LogP contribution in [0.1, 0.15) is 5.56 Å². The lowest BCUT2D eigenvalue weighted by Gasteiger charge is -2.09. The molecule has 4 rings (SSSR count). The summed E-state index contributed by atoms with van der Waals surface area (Å²) in [5.74, 6) is 0. The summed E-state index contributed by atoms with van der Waals surface area (Å²) in [4.78, 5) is 4.86. The van der Waals surface area contributed by atoms with Gasteiger partial charge in [-0.1, -0.05) is 60.7 Å². The minimum absolute atomic E-state index is 1.04. The molecule has 0 radical (unpaired) electrons. The zero-order chi connectivity index (χ0) is 14.2. The number of nitrogens with zero attached hydrogens (tertiary/aromatic N) is 1. The minimum atomic E-state index is 1.04. The van der Waals surface area contributed by atoms with Gasteiger partial charge in [0.25, 0.3) is 0 Å². The highest BCUT2D eigenvalue weighted by Gasteiger charge is 2.07. The number of pyridine rings is 1. The van der Waals surface area contributed by atoms with Crippen molar-refractivity contribution in [3.8, 4) is 11.3 Å². The molecule has 0 atom stereocenters. The van der Waals surface area contributed by atoms with E-state index in [0.717, 1.165) is 16.8 Å². The lowest BCUT2D eigenvalue weighted by molar-refractivity contribution is 1.37. The third-order valence-corrected chi connectivity index (χ3v) is 3.97. The molecule has 0 aliphatic heterocycles. The molecule has 4 aromatic rings. The average Bonchev–Trinajstić information content (AvgIpc) is 2.55.